The number of carbonyl (C=O) groups is 1. The molecule has 0 aliphatic carbocycles. The second-order valence-electron chi connectivity index (χ2n) is 6.20. The number of benzene rings is 1. The Bertz CT molecular complexity index is 711. The predicted molar refractivity (Wildman–Crippen MR) is 93.4 cm³/mol. The van der Waals surface area contributed by atoms with Crippen LogP contribution < -0.4 is 0 Å². The summed E-state index contributed by atoms with van der Waals surface area (Å²) in [5.74, 6) is 1.36. The van der Waals surface area contributed by atoms with Crippen LogP contribution >= 0.6 is 11.6 Å². The lowest BCUT2D eigenvalue weighted by Crippen LogP contribution is -2.41. The van der Waals surface area contributed by atoms with Crippen molar-refractivity contribution in [2.24, 2.45) is 0 Å². The summed E-state index contributed by atoms with van der Waals surface area (Å²) >= 11 is 6.13. The molecule has 0 spiro atoms. The molecule has 3 rings (SSSR count). The van der Waals surface area contributed by atoms with E-state index in [4.69, 9.17) is 20.9 Å². The van der Waals surface area contributed by atoms with Crippen LogP contribution in [0.1, 0.15) is 30.1 Å². The summed E-state index contributed by atoms with van der Waals surface area (Å²) in [6, 6.07) is 7.49. The van der Waals surface area contributed by atoms with Gasteiger partial charge >= 0.3 is 0 Å². The molecule has 0 N–H and O–H groups in total. The van der Waals surface area contributed by atoms with Gasteiger partial charge in [0, 0.05) is 31.5 Å². The second kappa shape index (κ2) is 8.45. The summed E-state index contributed by atoms with van der Waals surface area (Å²) in [5.41, 5.74) is 0.878. The van der Waals surface area contributed by atoms with Gasteiger partial charge in [0.2, 0.25) is 11.8 Å². The summed E-state index contributed by atoms with van der Waals surface area (Å²) in [7, 11) is 0. The summed E-state index contributed by atoms with van der Waals surface area (Å²) in [5, 5.41) is 4.50. The van der Waals surface area contributed by atoms with E-state index in [9.17, 15) is 4.79 Å². The minimum Gasteiger partial charge on any atom is -0.378 e. The Morgan fingerprint density at radius 2 is 2.12 bits per heavy atom. The molecule has 1 aromatic carbocycles. The number of ether oxygens (including phenoxy) is 1. The molecule has 1 amide bonds. The molecule has 0 atom stereocenters. The zero-order valence-electron chi connectivity index (χ0n) is 14.3. The van der Waals surface area contributed by atoms with Crippen molar-refractivity contribution in [2.45, 2.75) is 38.7 Å². The first-order valence-corrected chi connectivity index (χ1v) is 8.91. The average molecular weight is 364 g/mol. The highest BCUT2D eigenvalue weighted by molar-refractivity contribution is 6.31. The molecule has 0 bridgehead atoms. The molecule has 6 nitrogen and oxygen atoms in total. The number of hydrogen-bond donors (Lipinski definition) is 0. The van der Waals surface area contributed by atoms with E-state index < -0.39 is 0 Å². The molecular formula is C18H22ClN3O3. The molecule has 134 valence electrons. The molecule has 2 heterocycles. The Hall–Kier alpha value is -1.92. The largest absolute Gasteiger partial charge is 0.378 e. The Morgan fingerprint density at radius 3 is 2.80 bits per heavy atom. The van der Waals surface area contributed by atoms with E-state index in [1.807, 2.05) is 29.2 Å². The zero-order valence-corrected chi connectivity index (χ0v) is 15.0. The first-order valence-electron chi connectivity index (χ1n) is 8.54. The van der Waals surface area contributed by atoms with E-state index in [0.717, 1.165) is 31.5 Å². The van der Waals surface area contributed by atoms with Gasteiger partial charge in [-0.3, -0.25) is 4.79 Å². The third-order valence-electron chi connectivity index (χ3n) is 4.34. The standard InChI is InChI=1S/C18H22ClN3O3/c1-13-20-17(21-25-13)8-11-24-15-6-9-22(10-7-15)18(23)12-14-4-2-3-5-16(14)19/h2-5,15H,6-12H2,1H3. The molecule has 1 aliphatic rings. The summed E-state index contributed by atoms with van der Waals surface area (Å²) < 4.78 is 10.8. The molecule has 1 fully saturated rings. The molecule has 0 radical (unpaired) electrons. The van der Waals surface area contributed by atoms with Crippen molar-refractivity contribution in [2.75, 3.05) is 19.7 Å². The monoisotopic (exact) mass is 363 g/mol. The number of hydrogen-bond acceptors (Lipinski definition) is 5. The van der Waals surface area contributed by atoms with Crippen molar-refractivity contribution in [1.29, 1.82) is 0 Å². The smallest absolute Gasteiger partial charge is 0.227 e. The van der Waals surface area contributed by atoms with E-state index in [0.29, 0.717) is 36.2 Å². The fourth-order valence-corrected chi connectivity index (χ4v) is 3.15. The number of rotatable bonds is 6. The number of piperidine rings is 1. The number of nitrogens with zero attached hydrogens (tertiary/aromatic N) is 3. The second-order valence-corrected chi connectivity index (χ2v) is 6.61. The third-order valence-corrected chi connectivity index (χ3v) is 4.71. The van der Waals surface area contributed by atoms with Crippen molar-refractivity contribution >= 4 is 17.5 Å². The Balaban J connectivity index is 1.39. The van der Waals surface area contributed by atoms with Gasteiger partial charge in [0.05, 0.1) is 19.1 Å². The van der Waals surface area contributed by atoms with Gasteiger partial charge in [0.15, 0.2) is 5.82 Å². The van der Waals surface area contributed by atoms with Crippen molar-refractivity contribution in [1.82, 2.24) is 15.0 Å². The van der Waals surface area contributed by atoms with Crippen molar-refractivity contribution < 1.29 is 14.1 Å². The molecule has 7 heteroatoms. The Morgan fingerprint density at radius 1 is 1.36 bits per heavy atom. The van der Waals surface area contributed by atoms with Crippen LogP contribution in [0.2, 0.25) is 5.02 Å². The quantitative estimate of drug-likeness (QED) is 0.789. The number of likely N-dealkylation sites (tertiary alicyclic amines) is 1. The lowest BCUT2D eigenvalue weighted by atomic mass is 10.1. The van der Waals surface area contributed by atoms with Crippen LogP contribution in [-0.2, 0) is 22.4 Å². The Labute approximate surface area is 152 Å². The highest BCUT2D eigenvalue weighted by atomic mass is 35.5. The minimum atomic E-state index is 0.119. The minimum absolute atomic E-state index is 0.119. The first-order chi connectivity index (χ1) is 12.1. The number of amides is 1. The number of aromatic nitrogens is 2. The lowest BCUT2D eigenvalue weighted by molar-refractivity contribution is -0.133. The number of halogens is 1. The zero-order chi connectivity index (χ0) is 17.6. The maximum absolute atomic E-state index is 12.4. The van der Waals surface area contributed by atoms with Crippen LogP contribution in [0.4, 0.5) is 0 Å². The lowest BCUT2D eigenvalue weighted by Gasteiger charge is -2.32. The van der Waals surface area contributed by atoms with Gasteiger partial charge in [-0.1, -0.05) is 35.0 Å². The van der Waals surface area contributed by atoms with Gasteiger partial charge in [-0.2, -0.15) is 4.98 Å². The Kier molecular flexibility index (Phi) is 6.04. The molecule has 1 saturated heterocycles. The third kappa shape index (κ3) is 5.03. The van der Waals surface area contributed by atoms with Gasteiger partial charge in [-0.25, -0.2) is 0 Å². The summed E-state index contributed by atoms with van der Waals surface area (Å²) in [6.45, 7) is 3.77. The van der Waals surface area contributed by atoms with E-state index >= 15 is 0 Å². The van der Waals surface area contributed by atoms with Gasteiger partial charge in [0.1, 0.15) is 0 Å². The van der Waals surface area contributed by atoms with Crippen molar-refractivity contribution in [3.8, 4) is 0 Å². The fraction of sp³-hybridized carbons (Fsp3) is 0.500. The normalized spacial score (nSPS) is 15.5. The molecule has 0 unspecified atom stereocenters. The van der Waals surface area contributed by atoms with Crippen molar-refractivity contribution in [3.63, 3.8) is 0 Å². The maximum atomic E-state index is 12.4. The first kappa shape index (κ1) is 17.9. The molecule has 2 aromatic rings. The topological polar surface area (TPSA) is 68.5 Å². The van der Waals surface area contributed by atoms with Gasteiger partial charge in [-0.05, 0) is 24.5 Å². The SMILES string of the molecule is Cc1nc(CCOC2CCN(C(=O)Cc3ccccc3Cl)CC2)no1. The predicted octanol–water partition coefficient (Wildman–Crippen LogP) is 2.82. The molecule has 25 heavy (non-hydrogen) atoms. The van der Waals surface area contributed by atoms with Crippen molar-refractivity contribution in [3.05, 3.63) is 46.6 Å². The number of aryl methyl sites for hydroxylation is 1. The van der Waals surface area contributed by atoms with E-state index in [1.165, 1.54) is 0 Å². The van der Waals surface area contributed by atoms with Crippen LogP contribution in [0.3, 0.4) is 0 Å². The fourth-order valence-electron chi connectivity index (χ4n) is 2.95. The molecule has 1 aromatic heterocycles. The highest BCUT2D eigenvalue weighted by Gasteiger charge is 2.23. The van der Waals surface area contributed by atoms with E-state index in [1.54, 1.807) is 6.92 Å². The van der Waals surface area contributed by atoms with Gasteiger partial charge in [0.25, 0.3) is 0 Å². The summed E-state index contributed by atoms with van der Waals surface area (Å²) in [4.78, 5) is 18.5. The average Bonchev–Trinajstić information content (AvgIpc) is 3.03. The van der Waals surface area contributed by atoms with Crippen LogP contribution in [0.5, 0.6) is 0 Å². The van der Waals surface area contributed by atoms with Crippen LogP contribution in [-0.4, -0.2) is 46.7 Å². The molecule has 0 saturated carbocycles. The van der Waals surface area contributed by atoms with E-state index in [-0.39, 0.29) is 12.0 Å². The molecular weight excluding hydrogens is 342 g/mol. The number of carbonyl (C=O) groups excluding carboxylic acids is 1. The highest BCUT2D eigenvalue weighted by Crippen LogP contribution is 2.19. The maximum Gasteiger partial charge on any atom is 0.227 e. The van der Waals surface area contributed by atoms with Crippen LogP contribution in [0, 0.1) is 6.92 Å². The van der Waals surface area contributed by atoms with E-state index in [2.05, 4.69) is 10.1 Å². The van der Waals surface area contributed by atoms with Gasteiger partial charge < -0.3 is 14.2 Å². The van der Waals surface area contributed by atoms with Crippen LogP contribution in [0.25, 0.3) is 0 Å². The molecule has 1 aliphatic heterocycles. The van der Waals surface area contributed by atoms with Crippen LogP contribution in [0.15, 0.2) is 28.8 Å². The summed E-state index contributed by atoms with van der Waals surface area (Å²) in [6.07, 6.45) is 2.86. The van der Waals surface area contributed by atoms with Gasteiger partial charge in [-0.15, -0.1) is 0 Å².